The van der Waals surface area contributed by atoms with Crippen LogP contribution >= 0.6 is 11.3 Å². The molecule has 2 rings (SSSR count). The van der Waals surface area contributed by atoms with Crippen LogP contribution in [0.15, 0.2) is 36.4 Å². The van der Waals surface area contributed by atoms with E-state index in [0.29, 0.717) is 5.56 Å². The van der Waals surface area contributed by atoms with Crippen LogP contribution < -0.4 is 0 Å². The van der Waals surface area contributed by atoms with Crippen molar-refractivity contribution in [3.05, 3.63) is 46.8 Å². The van der Waals surface area contributed by atoms with E-state index in [4.69, 9.17) is 5.26 Å². The summed E-state index contributed by atoms with van der Waals surface area (Å²) < 4.78 is 0. The minimum absolute atomic E-state index is 0.716. The third kappa shape index (κ3) is 1.68. The van der Waals surface area contributed by atoms with Gasteiger partial charge in [0.2, 0.25) is 0 Å². The summed E-state index contributed by atoms with van der Waals surface area (Å²) in [4.78, 5) is 2.52. The minimum atomic E-state index is 0.716. The number of hydrogen-bond acceptors (Lipinski definition) is 2. The third-order valence-corrected chi connectivity index (χ3v) is 3.07. The van der Waals surface area contributed by atoms with Crippen LogP contribution in [0.4, 0.5) is 0 Å². The van der Waals surface area contributed by atoms with Crippen LogP contribution in [0.5, 0.6) is 0 Å². The maximum absolute atomic E-state index is 8.77. The Morgan fingerprint density at radius 2 is 2.07 bits per heavy atom. The van der Waals surface area contributed by atoms with Crippen molar-refractivity contribution in [2.75, 3.05) is 0 Å². The van der Waals surface area contributed by atoms with Crippen molar-refractivity contribution in [1.29, 1.82) is 5.26 Å². The van der Waals surface area contributed by atoms with Gasteiger partial charge in [-0.05, 0) is 36.8 Å². The summed E-state index contributed by atoms with van der Waals surface area (Å²) in [5, 5.41) is 8.77. The van der Waals surface area contributed by atoms with Gasteiger partial charge >= 0.3 is 0 Å². The predicted molar refractivity (Wildman–Crippen MR) is 59.2 cm³/mol. The fourth-order valence-electron chi connectivity index (χ4n) is 1.33. The molecule has 1 aromatic carbocycles. The summed E-state index contributed by atoms with van der Waals surface area (Å²) >= 11 is 1.75. The summed E-state index contributed by atoms with van der Waals surface area (Å²) in [6, 6.07) is 14.0. The van der Waals surface area contributed by atoms with Crippen LogP contribution in [0.3, 0.4) is 0 Å². The van der Waals surface area contributed by atoms with Crippen molar-refractivity contribution >= 4 is 11.3 Å². The molecular weight excluding hydrogens is 190 g/mol. The van der Waals surface area contributed by atoms with Crippen LogP contribution in [-0.2, 0) is 0 Å². The second kappa shape index (κ2) is 3.65. The second-order valence-corrected chi connectivity index (χ2v) is 4.39. The molecule has 1 aromatic heterocycles. The standard InChI is InChI=1S/C12H9NS/c1-9-5-6-12(14-9)11-4-2-3-10(7-11)8-13/h2-7H,1H3. The molecule has 1 heterocycles. The molecule has 0 aliphatic carbocycles. The quantitative estimate of drug-likeness (QED) is 0.688. The smallest absolute Gasteiger partial charge is 0.0991 e. The maximum atomic E-state index is 8.77. The van der Waals surface area contributed by atoms with Crippen molar-refractivity contribution in [3.63, 3.8) is 0 Å². The zero-order valence-corrected chi connectivity index (χ0v) is 8.64. The van der Waals surface area contributed by atoms with E-state index in [-0.39, 0.29) is 0 Å². The minimum Gasteiger partial charge on any atom is -0.192 e. The van der Waals surface area contributed by atoms with Gasteiger partial charge in [-0.15, -0.1) is 11.3 Å². The average molecular weight is 199 g/mol. The zero-order valence-electron chi connectivity index (χ0n) is 7.82. The van der Waals surface area contributed by atoms with Gasteiger partial charge in [-0.2, -0.15) is 5.26 Å². The largest absolute Gasteiger partial charge is 0.192 e. The molecule has 0 amide bonds. The number of nitrogens with zero attached hydrogens (tertiary/aromatic N) is 1. The number of benzene rings is 1. The van der Waals surface area contributed by atoms with Crippen molar-refractivity contribution in [3.8, 4) is 16.5 Å². The van der Waals surface area contributed by atoms with Gasteiger partial charge in [-0.25, -0.2) is 0 Å². The Labute approximate surface area is 87.3 Å². The van der Waals surface area contributed by atoms with Gasteiger partial charge in [-0.1, -0.05) is 12.1 Å². The fraction of sp³-hybridized carbons (Fsp3) is 0.0833. The van der Waals surface area contributed by atoms with Crippen molar-refractivity contribution in [1.82, 2.24) is 0 Å². The second-order valence-electron chi connectivity index (χ2n) is 3.10. The lowest BCUT2D eigenvalue weighted by Gasteiger charge is -1.96. The molecule has 0 atom stereocenters. The van der Waals surface area contributed by atoms with Gasteiger partial charge in [0, 0.05) is 9.75 Å². The molecular formula is C12H9NS. The molecule has 1 nitrogen and oxygen atoms in total. The monoisotopic (exact) mass is 199 g/mol. The molecule has 0 aliphatic heterocycles. The average Bonchev–Trinajstić information content (AvgIpc) is 2.65. The molecule has 0 bridgehead atoms. The first-order chi connectivity index (χ1) is 6.79. The van der Waals surface area contributed by atoms with E-state index in [2.05, 4.69) is 25.1 Å². The highest BCUT2D eigenvalue weighted by molar-refractivity contribution is 7.15. The lowest BCUT2D eigenvalue weighted by atomic mass is 10.1. The molecule has 0 spiro atoms. The molecule has 68 valence electrons. The summed E-state index contributed by atoms with van der Waals surface area (Å²) in [6.07, 6.45) is 0. The summed E-state index contributed by atoms with van der Waals surface area (Å²) in [5.41, 5.74) is 1.84. The zero-order chi connectivity index (χ0) is 9.97. The van der Waals surface area contributed by atoms with E-state index in [1.54, 1.807) is 11.3 Å². The Bertz CT molecular complexity index is 491. The molecule has 0 fully saturated rings. The Morgan fingerprint density at radius 3 is 2.71 bits per heavy atom. The van der Waals surface area contributed by atoms with Gasteiger partial charge in [0.1, 0.15) is 0 Å². The molecule has 0 radical (unpaired) electrons. The lowest BCUT2D eigenvalue weighted by Crippen LogP contribution is -1.75. The van der Waals surface area contributed by atoms with E-state index in [1.807, 2.05) is 24.3 Å². The molecule has 0 saturated carbocycles. The number of nitriles is 1. The molecule has 2 heteroatoms. The van der Waals surface area contributed by atoms with E-state index in [1.165, 1.54) is 9.75 Å². The molecule has 14 heavy (non-hydrogen) atoms. The van der Waals surface area contributed by atoms with E-state index >= 15 is 0 Å². The topological polar surface area (TPSA) is 23.8 Å². The molecule has 2 aromatic rings. The van der Waals surface area contributed by atoms with Crippen LogP contribution in [0.25, 0.3) is 10.4 Å². The summed E-state index contributed by atoms with van der Waals surface area (Å²) in [6.45, 7) is 2.09. The Balaban J connectivity index is 2.47. The maximum Gasteiger partial charge on any atom is 0.0991 e. The van der Waals surface area contributed by atoms with Crippen molar-refractivity contribution < 1.29 is 0 Å². The normalized spacial score (nSPS) is 9.71. The first-order valence-electron chi connectivity index (χ1n) is 4.36. The van der Waals surface area contributed by atoms with Crippen LogP contribution in [0.1, 0.15) is 10.4 Å². The van der Waals surface area contributed by atoms with Gasteiger partial charge in [0.15, 0.2) is 0 Å². The highest BCUT2D eigenvalue weighted by Gasteiger charge is 2.00. The number of aryl methyl sites for hydroxylation is 1. The van der Waals surface area contributed by atoms with Gasteiger partial charge < -0.3 is 0 Å². The SMILES string of the molecule is Cc1ccc(-c2cccc(C#N)c2)s1. The van der Waals surface area contributed by atoms with Crippen LogP contribution in [0.2, 0.25) is 0 Å². The molecule has 0 N–H and O–H groups in total. The Morgan fingerprint density at radius 1 is 1.21 bits per heavy atom. The van der Waals surface area contributed by atoms with E-state index in [0.717, 1.165) is 5.56 Å². The lowest BCUT2D eigenvalue weighted by molar-refractivity contribution is 1.49. The molecule has 0 aliphatic rings. The first kappa shape index (κ1) is 8.98. The van der Waals surface area contributed by atoms with Gasteiger partial charge in [0.25, 0.3) is 0 Å². The summed E-state index contributed by atoms with van der Waals surface area (Å²) in [5.74, 6) is 0. The summed E-state index contributed by atoms with van der Waals surface area (Å²) in [7, 11) is 0. The van der Waals surface area contributed by atoms with Crippen molar-refractivity contribution in [2.45, 2.75) is 6.92 Å². The Hall–Kier alpha value is -1.59. The highest BCUT2D eigenvalue weighted by atomic mass is 32.1. The van der Waals surface area contributed by atoms with Gasteiger partial charge in [0.05, 0.1) is 11.6 Å². The van der Waals surface area contributed by atoms with E-state index in [9.17, 15) is 0 Å². The predicted octanol–water partition coefficient (Wildman–Crippen LogP) is 3.60. The van der Waals surface area contributed by atoms with Gasteiger partial charge in [-0.3, -0.25) is 0 Å². The molecule has 0 unspecified atom stereocenters. The van der Waals surface area contributed by atoms with Crippen molar-refractivity contribution in [2.24, 2.45) is 0 Å². The van der Waals surface area contributed by atoms with E-state index < -0.39 is 0 Å². The van der Waals surface area contributed by atoms with Crippen LogP contribution in [0, 0.1) is 18.3 Å². The van der Waals surface area contributed by atoms with Crippen LogP contribution in [-0.4, -0.2) is 0 Å². The number of thiophene rings is 1. The first-order valence-corrected chi connectivity index (χ1v) is 5.18. The number of hydrogen-bond donors (Lipinski definition) is 0. The molecule has 0 saturated heterocycles. The number of rotatable bonds is 1. The highest BCUT2D eigenvalue weighted by Crippen LogP contribution is 2.27. The third-order valence-electron chi connectivity index (χ3n) is 2.02. The fourth-order valence-corrected chi connectivity index (χ4v) is 2.20. The Kier molecular flexibility index (Phi) is 2.34.